The highest BCUT2D eigenvalue weighted by Crippen LogP contribution is 2.30. The van der Waals surface area contributed by atoms with E-state index in [9.17, 15) is 9.18 Å². The minimum absolute atomic E-state index is 0.152. The van der Waals surface area contributed by atoms with Gasteiger partial charge in [-0.3, -0.25) is 9.78 Å². The average molecular weight is 312 g/mol. The first-order valence-electron chi connectivity index (χ1n) is 7.61. The maximum atomic E-state index is 13.2. The number of carbonyl (C=O) groups excluding carboxylic acids is 1. The van der Waals surface area contributed by atoms with Gasteiger partial charge in [-0.25, -0.2) is 4.39 Å². The van der Waals surface area contributed by atoms with Crippen molar-refractivity contribution >= 4 is 28.2 Å². The Hall–Kier alpha value is -2.68. The lowest BCUT2D eigenvalue weighted by Crippen LogP contribution is -2.28. The number of benzene rings is 1. The molecular weight excluding hydrogens is 295 g/mol. The van der Waals surface area contributed by atoms with E-state index in [2.05, 4.69) is 16.4 Å². The summed E-state index contributed by atoms with van der Waals surface area (Å²) in [6, 6.07) is 7.10. The Bertz CT molecular complexity index is 791. The van der Waals surface area contributed by atoms with Crippen LogP contribution in [-0.4, -0.2) is 17.1 Å². The number of amides is 1. The SMILES string of the molecule is N#Cc1ccc2ncc(NC(=O)C3CCC(F)CC3)c(N)c2c1. The molecule has 1 fully saturated rings. The molecule has 0 spiro atoms. The van der Waals surface area contributed by atoms with E-state index in [4.69, 9.17) is 11.0 Å². The Labute approximate surface area is 133 Å². The topological polar surface area (TPSA) is 91.8 Å². The number of pyridine rings is 1. The molecule has 6 heteroatoms. The second kappa shape index (κ2) is 6.21. The molecule has 0 unspecified atom stereocenters. The van der Waals surface area contributed by atoms with Crippen molar-refractivity contribution in [3.05, 3.63) is 30.0 Å². The van der Waals surface area contributed by atoms with Crippen molar-refractivity contribution in [1.29, 1.82) is 5.26 Å². The van der Waals surface area contributed by atoms with Crippen LogP contribution < -0.4 is 11.1 Å². The van der Waals surface area contributed by atoms with Crippen LogP contribution in [0.3, 0.4) is 0 Å². The fraction of sp³-hybridized carbons (Fsp3) is 0.353. The van der Waals surface area contributed by atoms with Crippen LogP contribution in [0.2, 0.25) is 0 Å². The van der Waals surface area contributed by atoms with Gasteiger partial charge in [0.1, 0.15) is 6.17 Å². The molecule has 1 aromatic heterocycles. The maximum absolute atomic E-state index is 13.2. The zero-order chi connectivity index (χ0) is 16.4. The lowest BCUT2D eigenvalue weighted by molar-refractivity contribution is -0.121. The molecule has 23 heavy (non-hydrogen) atoms. The average Bonchev–Trinajstić information content (AvgIpc) is 2.57. The summed E-state index contributed by atoms with van der Waals surface area (Å²) < 4.78 is 13.2. The smallest absolute Gasteiger partial charge is 0.227 e. The number of carbonyl (C=O) groups is 1. The van der Waals surface area contributed by atoms with Gasteiger partial charge in [0.25, 0.3) is 0 Å². The Kier molecular flexibility index (Phi) is 4.11. The molecule has 1 aliphatic rings. The number of hydrogen-bond donors (Lipinski definition) is 2. The van der Waals surface area contributed by atoms with Gasteiger partial charge in [-0.15, -0.1) is 0 Å². The van der Waals surface area contributed by atoms with Crippen LogP contribution >= 0.6 is 0 Å². The van der Waals surface area contributed by atoms with Crippen molar-refractivity contribution in [2.24, 2.45) is 5.92 Å². The number of fused-ring (bicyclic) bond motifs is 1. The van der Waals surface area contributed by atoms with Crippen molar-refractivity contribution < 1.29 is 9.18 Å². The second-order valence-electron chi connectivity index (χ2n) is 5.87. The van der Waals surface area contributed by atoms with Crippen molar-refractivity contribution in [1.82, 2.24) is 4.98 Å². The molecule has 3 N–H and O–H groups in total. The van der Waals surface area contributed by atoms with Crippen LogP contribution in [0.4, 0.5) is 15.8 Å². The van der Waals surface area contributed by atoms with Crippen LogP contribution in [0, 0.1) is 17.2 Å². The van der Waals surface area contributed by atoms with Crippen LogP contribution in [0.1, 0.15) is 31.2 Å². The molecule has 0 radical (unpaired) electrons. The van der Waals surface area contributed by atoms with Crippen molar-refractivity contribution in [3.63, 3.8) is 0 Å². The third-order valence-corrected chi connectivity index (χ3v) is 4.32. The summed E-state index contributed by atoms with van der Waals surface area (Å²) >= 11 is 0. The quantitative estimate of drug-likeness (QED) is 0.891. The predicted octanol–water partition coefficient (Wildman–Crippen LogP) is 3.16. The summed E-state index contributed by atoms with van der Waals surface area (Å²) in [6.45, 7) is 0. The molecule has 0 atom stereocenters. The van der Waals surface area contributed by atoms with E-state index in [-0.39, 0.29) is 11.8 Å². The Morgan fingerprint density at radius 3 is 2.78 bits per heavy atom. The van der Waals surface area contributed by atoms with Crippen LogP contribution in [0.15, 0.2) is 24.4 Å². The summed E-state index contributed by atoms with van der Waals surface area (Å²) in [6.07, 6.45) is 2.67. The van der Waals surface area contributed by atoms with Gasteiger partial charge in [-0.2, -0.15) is 5.26 Å². The summed E-state index contributed by atoms with van der Waals surface area (Å²) in [4.78, 5) is 16.6. The first-order valence-corrected chi connectivity index (χ1v) is 7.61. The van der Waals surface area contributed by atoms with Gasteiger partial charge in [0.15, 0.2) is 0 Å². The van der Waals surface area contributed by atoms with Gasteiger partial charge in [0, 0.05) is 11.3 Å². The predicted molar refractivity (Wildman–Crippen MR) is 86.4 cm³/mol. The largest absolute Gasteiger partial charge is 0.396 e. The van der Waals surface area contributed by atoms with Gasteiger partial charge in [0.2, 0.25) is 5.91 Å². The lowest BCUT2D eigenvalue weighted by atomic mass is 9.87. The molecular formula is C17H17FN4O. The molecule has 118 valence electrons. The van der Waals surface area contributed by atoms with Gasteiger partial charge in [0.05, 0.1) is 34.7 Å². The number of nitrogens with zero attached hydrogens (tertiary/aromatic N) is 2. The molecule has 2 aromatic rings. The number of rotatable bonds is 2. The Morgan fingerprint density at radius 1 is 1.35 bits per heavy atom. The van der Waals surface area contributed by atoms with Gasteiger partial charge in [-0.1, -0.05) is 0 Å². The van der Waals surface area contributed by atoms with E-state index in [1.165, 1.54) is 6.20 Å². The van der Waals surface area contributed by atoms with Crippen LogP contribution in [0.25, 0.3) is 10.9 Å². The molecule has 0 bridgehead atoms. The highest BCUT2D eigenvalue weighted by Gasteiger charge is 2.26. The number of anilines is 2. The molecule has 1 heterocycles. The highest BCUT2D eigenvalue weighted by molar-refractivity contribution is 6.02. The fourth-order valence-corrected chi connectivity index (χ4v) is 2.93. The number of halogens is 1. The molecule has 0 saturated heterocycles. The van der Waals surface area contributed by atoms with E-state index in [0.29, 0.717) is 53.5 Å². The normalized spacial score (nSPS) is 20.9. The third-order valence-electron chi connectivity index (χ3n) is 4.32. The van der Waals surface area contributed by atoms with Crippen LogP contribution in [0.5, 0.6) is 0 Å². The monoisotopic (exact) mass is 312 g/mol. The molecule has 3 rings (SSSR count). The zero-order valence-corrected chi connectivity index (χ0v) is 12.6. The van der Waals surface area contributed by atoms with Gasteiger partial charge in [-0.05, 0) is 43.9 Å². The standard InChI is InChI=1S/C17H17FN4O/c18-12-4-2-11(3-5-12)17(23)22-15-9-21-14-6-1-10(8-19)7-13(14)16(15)20/h1,6-7,9,11-12H,2-5H2,(H2,20,21)(H,22,23). The van der Waals surface area contributed by atoms with E-state index >= 15 is 0 Å². The molecule has 1 saturated carbocycles. The van der Waals surface area contributed by atoms with Crippen LogP contribution in [-0.2, 0) is 4.79 Å². The molecule has 1 aliphatic carbocycles. The van der Waals surface area contributed by atoms with Crippen molar-refractivity contribution in [3.8, 4) is 6.07 Å². The summed E-state index contributed by atoms with van der Waals surface area (Å²) in [5, 5.41) is 12.4. The first-order chi connectivity index (χ1) is 11.1. The number of nitrogens with two attached hydrogens (primary N) is 1. The molecule has 1 aromatic carbocycles. The van der Waals surface area contributed by atoms with E-state index < -0.39 is 6.17 Å². The highest BCUT2D eigenvalue weighted by atomic mass is 19.1. The minimum atomic E-state index is -0.796. The van der Waals surface area contributed by atoms with Crippen molar-refractivity contribution in [2.75, 3.05) is 11.1 Å². The Morgan fingerprint density at radius 2 is 2.09 bits per heavy atom. The minimum Gasteiger partial charge on any atom is -0.396 e. The number of nitrogen functional groups attached to an aromatic ring is 1. The van der Waals surface area contributed by atoms with Crippen molar-refractivity contribution in [2.45, 2.75) is 31.9 Å². The van der Waals surface area contributed by atoms with Gasteiger partial charge >= 0.3 is 0 Å². The number of nitrogens with one attached hydrogen (secondary N) is 1. The summed E-state index contributed by atoms with van der Waals surface area (Å²) in [7, 11) is 0. The number of alkyl halides is 1. The molecule has 0 aliphatic heterocycles. The van der Waals surface area contributed by atoms with E-state index in [1.54, 1.807) is 18.2 Å². The fourth-order valence-electron chi connectivity index (χ4n) is 2.93. The van der Waals surface area contributed by atoms with E-state index in [1.807, 2.05) is 0 Å². The molecule has 5 nitrogen and oxygen atoms in total. The third kappa shape index (κ3) is 3.09. The number of nitriles is 1. The summed E-state index contributed by atoms with van der Waals surface area (Å²) in [5.41, 5.74) is 8.08. The second-order valence-corrected chi connectivity index (χ2v) is 5.87. The van der Waals surface area contributed by atoms with E-state index in [0.717, 1.165) is 0 Å². The zero-order valence-electron chi connectivity index (χ0n) is 12.6. The maximum Gasteiger partial charge on any atom is 0.227 e. The number of hydrogen-bond acceptors (Lipinski definition) is 4. The number of aromatic nitrogens is 1. The summed E-state index contributed by atoms with van der Waals surface area (Å²) in [5.74, 6) is -0.344. The first kappa shape index (κ1) is 15.2. The lowest BCUT2D eigenvalue weighted by Gasteiger charge is -2.23. The Balaban J connectivity index is 1.84. The molecule has 1 amide bonds. The van der Waals surface area contributed by atoms with Gasteiger partial charge < -0.3 is 11.1 Å².